The maximum atomic E-state index is 11.4. The van der Waals surface area contributed by atoms with E-state index in [2.05, 4.69) is 39.3 Å². The van der Waals surface area contributed by atoms with E-state index in [4.69, 9.17) is 4.74 Å². The van der Waals surface area contributed by atoms with Gasteiger partial charge in [0.15, 0.2) is 0 Å². The average Bonchev–Trinajstić information content (AvgIpc) is 3.35. The van der Waals surface area contributed by atoms with Crippen molar-refractivity contribution in [3.05, 3.63) is 40.0 Å². The Bertz CT molecular complexity index is 1170. The molecule has 0 amide bonds. The van der Waals surface area contributed by atoms with Gasteiger partial charge in [-0.05, 0) is 54.5 Å². The molecule has 1 aliphatic carbocycles. The lowest BCUT2D eigenvalue weighted by atomic mass is 9.88. The highest BCUT2D eigenvalue weighted by molar-refractivity contribution is 7.19. The summed E-state index contributed by atoms with van der Waals surface area (Å²) in [7, 11) is 0. The normalized spacial score (nSPS) is 17.0. The predicted octanol–water partition coefficient (Wildman–Crippen LogP) is 4.35. The minimum absolute atomic E-state index is 0.319. The molecule has 0 saturated carbocycles. The van der Waals surface area contributed by atoms with Crippen molar-refractivity contribution in [2.75, 3.05) is 11.9 Å². The monoisotopic (exact) mass is 422 g/mol. The third kappa shape index (κ3) is 3.31. The highest BCUT2D eigenvalue weighted by atomic mass is 32.1. The molecule has 30 heavy (non-hydrogen) atoms. The van der Waals surface area contributed by atoms with E-state index >= 15 is 0 Å². The van der Waals surface area contributed by atoms with Gasteiger partial charge in [-0.15, -0.1) is 11.3 Å². The van der Waals surface area contributed by atoms with Crippen molar-refractivity contribution in [1.29, 1.82) is 0 Å². The molecular formula is C22H22N4O3S. The Morgan fingerprint density at radius 2 is 2.27 bits per heavy atom. The molecule has 0 bridgehead atoms. The van der Waals surface area contributed by atoms with Crippen molar-refractivity contribution in [2.24, 2.45) is 10.9 Å². The van der Waals surface area contributed by atoms with Crippen LogP contribution in [-0.2, 0) is 24.2 Å². The molecule has 0 saturated heterocycles. The Balaban J connectivity index is 1.55. The fourth-order valence-corrected chi connectivity index (χ4v) is 5.38. The largest absolute Gasteiger partial charge is 0.491 e. The lowest BCUT2D eigenvalue weighted by Crippen LogP contribution is -2.21. The molecule has 0 unspecified atom stereocenters. The zero-order chi connectivity index (χ0) is 20.7. The van der Waals surface area contributed by atoms with Crippen molar-refractivity contribution in [3.63, 3.8) is 0 Å². The van der Waals surface area contributed by atoms with E-state index in [0.717, 1.165) is 56.3 Å². The highest BCUT2D eigenvalue weighted by Gasteiger charge is 2.29. The molecule has 2 N–H and O–H groups in total. The number of hydrogen-bond donors (Lipinski definition) is 2. The summed E-state index contributed by atoms with van der Waals surface area (Å²) in [5, 5.41) is 13.9. The van der Waals surface area contributed by atoms with Gasteiger partial charge in [0.05, 0.1) is 30.1 Å². The first kappa shape index (κ1) is 19.0. The molecule has 3 heterocycles. The lowest BCUT2D eigenvalue weighted by Gasteiger charge is -2.19. The molecule has 2 aromatic heterocycles. The van der Waals surface area contributed by atoms with Crippen molar-refractivity contribution in [3.8, 4) is 5.75 Å². The van der Waals surface area contributed by atoms with Gasteiger partial charge in [0, 0.05) is 11.1 Å². The van der Waals surface area contributed by atoms with E-state index in [1.165, 1.54) is 5.56 Å². The van der Waals surface area contributed by atoms with E-state index in [1.807, 2.05) is 6.21 Å². The second-order valence-corrected chi connectivity index (χ2v) is 8.76. The van der Waals surface area contributed by atoms with Gasteiger partial charge in [-0.1, -0.05) is 6.92 Å². The fourth-order valence-electron chi connectivity index (χ4n) is 4.11. The molecule has 1 atom stereocenters. The first-order chi connectivity index (χ1) is 14.6. The number of carboxylic acids is 1. The van der Waals surface area contributed by atoms with Gasteiger partial charge in [0.1, 0.15) is 22.7 Å². The van der Waals surface area contributed by atoms with Gasteiger partial charge in [-0.2, -0.15) is 0 Å². The number of aliphatic carboxylic acids is 1. The minimum atomic E-state index is -0.722. The van der Waals surface area contributed by atoms with Gasteiger partial charge in [0.25, 0.3) is 0 Å². The van der Waals surface area contributed by atoms with Gasteiger partial charge in [0.2, 0.25) is 0 Å². The molecule has 8 heteroatoms. The summed E-state index contributed by atoms with van der Waals surface area (Å²) in [5.74, 6) is 0.491. The standard InChI is InChI=1S/C22H22N4O3S/c1-2-5-29-17-7-14-10-23-9-13(14)6-16(17)26-20-19-15-4-3-12(22(27)28)8-18(15)30-21(19)25-11-24-20/h6-7,9,11-12H,2-5,8,10H2,1H3,(H,27,28)(H,24,25,26)/t12-/m0/s1. The van der Waals surface area contributed by atoms with E-state index in [9.17, 15) is 9.90 Å². The first-order valence-corrected chi connectivity index (χ1v) is 11.0. The number of ether oxygens (including phenoxy) is 1. The SMILES string of the molecule is CCCOc1cc2c(cc1Nc1ncnc3sc4c(c13)CC[C@H](C(=O)O)C4)C=NC2. The second kappa shape index (κ2) is 7.68. The quantitative estimate of drug-likeness (QED) is 0.613. The van der Waals surface area contributed by atoms with E-state index < -0.39 is 5.97 Å². The topological polar surface area (TPSA) is 96.7 Å². The van der Waals surface area contributed by atoms with Crippen LogP contribution in [0, 0.1) is 5.92 Å². The van der Waals surface area contributed by atoms with Crippen molar-refractivity contribution >= 4 is 45.2 Å². The number of nitrogens with zero attached hydrogens (tertiary/aromatic N) is 3. The summed E-state index contributed by atoms with van der Waals surface area (Å²) < 4.78 is 6.01. The van der Waals surface area contributed by atoms with Crippen LogP contribution in [0.4, 0.5) is 11.5 Å². The van der Waals surface area contributed by atoms with Crippen LogP contribution < -0.4 is 10.1 Å². The molecular weight excluding hydrogens is 400 g/mol. The number of nitrogens with one attached hydrogen (secondary N) is 1. The Labute approximate surface area is 177 Å². The second-order valence-electron chi connectivity index (χ2n) is 7.67. The van der Waals surface area contributed by atoms with Crippen molar-refractivity contribution < 1.29 is 14.6 Å². The molecule has 7 nitrogen and oxygen atoms in total. The van der Waals surface area contributed by atoms with Crippen LogP contribution in [0.5, 0.6) is 5.75 Å². The maximum Gasteiger partial charge on any atom is 0.306 e. The van der Waals surface area contributed by atoms with Crippen LogP contribution in [0.3, 0.4) is 0 Å². The summed E-state index contributed by atoms with van der Waals surface area (Å²) in [6.07, 6.45) is 6.30. The van der Waals surface area contributed by atoms with Crippen LogP contribution in [-0.4, -0.2) is 33.9 Å². The number of thiophene rings is 1. The first-order valence-electron chi connectivity index (χ1n) is 10.2. The van der Waals surface area contributed by atoms with E-state index in [-0.39, 0.29) is 5.92 Å². The molecule has 3 aromatic rings. The Kier molecular flexibility index (Phi) is 4.86. The molecule has 0 spiro atoms. The Morgan fingerprint density at radius 1 is 1.37 bits per heavy atom. The number of aryl methyl sites for hydroxylation is 1. The summed E-state index contributed by atoms with van der Waals surface area (Å²) in [6, 6.07) is 4.11. The number of aromatic nitrogens is 2. The number of benzene rings is 1. The van der Waals surface area contributed by atoms with Crippen molar-refractivity contribution in [1.82, 2.24) is 9.97 Å². The number of rotatable bonds is 6. The predicted molar refractivity (Wildman–Crippen MR) is 117 cm³/mol. The number of fused-ring (bicyclic) bond motifs is 4. The molecule has 2 aliphatic rings. The molecule has 0 fully saturated rings. The lowest BCUT2D eigenvalue weighted by molar-refractivity contribution is -0.142. The Hall–Kier alpha value is -3.00. The summed E-state index contributed by atoms with van der Waals surface area (Å²) in [5.41, 5.74) is 4.28. The number of hydrogen-bond acceptors (Lipinski definition) is 7. The number of aliphatic imine (C=N–C) groups is 1. The smallest absolute Gasteiger partial charge is 0.306 e. The minimum Gasteiger partial charge on any atom is -0.491 e. The van der Waals surface area contributed by atoms with Crippen LogP contribution in [0.2, 0.25) is 0 Å². The zero-order valence-electron chi connectivity index (χ0n) is 16.6. The number of carbonyl (C=O) groups is 1. The zero-order valence-corrected chi connectivity index (χ0v) is 17.5. The van der Waals surface area contributed by atoms with Gasteiger partial charge >= 0.3 is 5.97 Å². The van der Waals surface area contributed by atoms with E-state index in [0.29, 0.717) is 26.0 Å². The van der Waals surface area contributed by atoms with Crippen LogP contribution >= 0.6 is 11.3 Å². The molecule has 5 rings (SSSR count). The maximum absolute atomic E-state index is 11.4. The fraction of sp³-hybridized carbons (Fsp3) is 0.364. The molecule has 1 aliphatic heterocycles. The van der Waals surface area contributed by atoms with Crippen molar-refractivity contribution in [2.45, 2.75) is 39.2 Å². The third-order valence-electron chi connectivity index (χ3n) is 5.64. The summed E-state index contributed by atoms with van der Waals surface area (Å²) in [4.78, 5) is 26.8. The Morgan fingerprint density at radius 3 is 3.10 bits per heavy atom. The summed E-state index contributed by atoms with van der Waals surface area (Å²) >= 11 is 1.58. The van der Waals surface area contributed by atoms with Crippen LogP contribution in [0.1, 0.15) is 41.3 Å². The molecule has 154 valence electrons. The summed E-state index contributed by atoms with van der Waals surface area (Å²) in [6.45, 7) is 3.40. The number of anilines is 2. The van der Waals surface area contributed by atoms with Gasteiger partial charge < -0.3 is 15.2 Å². The molecule has 1 aromatic carbocycles. The van der Waals surface area contributed by atoms with Crippen LogP contribution in [0.15, 0.2) is 23.5 Å². The third-order valence-corrected chi connectivity index (χ3v) is 6.81. The van der Waals surface area contributed by atoms with Crippen LogP contribution in [0.25, 0.3) is 10.2 Å². The average molecular weight is 423 g/mol. The van der Waals surface area contributed by atoms with E-state index in [1.54, 1.807) is 17.7 Å². The number of carboxylic acid groups (broad SMARTS) is 1. The van der Waals surface area contributed by atoms with Gasteiger partial charge in [-0.3, -0.25) is 9.79 Å². The molecule has 0 radical (unpaired) electrons. The highest BCUT2D eigenvalue weighted by Crippen LogP contribution is 2.41. The van der Waals surface area contributed by atoms with Gasteiger partial charge in [-0.25, -0.2) is 9.97 Å².